The Hall–Kier alpha value is -1.88. The molecular weight excluding hydrogens is 278 g/mol. The van der Waals surface area contributed by atoms with Gasteiger partial charge in [0.2, 0.25) is 0 Å². The van der Waals surface area contributed by atoms with E-state index < -0.39 is 5.54 Å². The highest BCUT2D eigenvalue weighted by molar-refractivity contribution is 6.29. The smallest absolute Gasteiger partial charge is 0.334 e. The van der Waals surface area contributed by atoms with Gasteiger partial charge >= 0.3 is 5.97 Å². The normalized spacial score (nSPS) is 24.6. The zero-order valence-electron chi connectivity index (χ0n) is 11.3. The quantitative estimate of drug-likeness (QED) is 0.495. The number of hydrogen-bond acceptors (Lipinski definition) is 4. The lowest BCUT2D eigenvalue weighted by Crippen LogP contribution is -2.32. The number of nitrogens with zero attached hydrogens (tertiary/aromatic N) is 3. The molecule has 0 aliphatic heterocycles. The Kier molecular flexibility index (Phi) is 2.83. The number of aromatic nitrogens is 3. The molecule has 0 spiro atoms. The Balaban J connectivity index is 2.26. The first-order valence-corrected chi connectivity index (χ1v) is 6.65. The molecule has 5 nitrogen and oxygen atoms in total. The Bertz CT molecular complexity index is 725. The van der Waals surface area contributed by atoms with Crippen LogP contribution in [0.2, 0.25) is 5.15 Å². The number of halogens is 1. The van der Waals surface area contributed by atoms with Crippen molar-refractivity contribution in [1.82, 2.24) is 14.8 Å². The zero-order chi connectivity index (χ0) is 14.5. The van der Waals surface area contributed by atoms with Crippen LogP contribution in [-0.2, 0) is 15.1 Å². The maximum atomic E-state index is 12.2. The van der Waals surface area contributed by atoms with Crippen molar-refractivity contribution in [2.45, 2.75) is 18.9 Å². The van der Waals surface area contributed by atoms with Crippen LogP contribution in [-0.4, -0.2) is 27.8 Å². The molecular formula is C14H14ClN3O2. The first-order valence-electron chi connectivity index (χ1n) is 6.28. The van der Waals surface area contributed by atoms with Crippen LogP contribution in [0.3, 0.4) is 0 Å². The number of aryl methyl sites for hydroxylation is 1. The molecule has 2 aromatic heterocycles. The molecule has 1 aliphatic rings. The van der Waals surface area contributed by atoms with Crippen molar-refractivity contribution in [3.63, 3.8) is 0 Å². The minimum absolute atomic E-state index is 0.00164. The lowest BCUT2D eigenvalue weighted by atomic mass is 10.2. The molecule has 6 heteroatoms. The average Bonchev–Trinajstić information content (AvgIpc) is 3.10. The molecule has 2 unspecified atom stereocenters. The summed E-state index contributed by atoms with van der Waals surface area (Å²) in [5.74, 6) is -0.327. The van der Waals surface area contributed by atoms with E-state index in [1.807, 2.05) is 13.0 Å². The van der Waals surface area contributed by atoms with Gasteiger partial charge in [-0.3, -0.25) is 0 Å². The molecule has 104 valence electrons. The number of pyridine rings is 1. The highest BCUT2D eigenvalue weighted by atomic mass is 35.5. The number of esters is 1. The van der Waals surface area contributed by atoms with Crippen LogP contribution in [0.5, 0.6) is 0 Å². The van der Waals surface area contributed by atoms with Crippen molar-refractivity contribution in [3.8, 4) is 0 Å². The maximum absolute atomic E-state index is 12.2. The predicted octanol–water partition coefficient (Wildman–Crippen LogP) is 2.47. The number of carbonyl (C=O) groups excluding carboxylic acids is 1. The first kappa shape index (κ1) is 13.1. The van der Waals surface area contributed by atoms with Crippen LogP contribution in [0.25, 0.3) is 11.0 Å². The van der Waals surface area contributed by atoms with Crippen LogP contribution >= 0.6 is 11.6 Å². The van der Waals surface area contributed by atoms with E-state index in [4.69, 9.17) is 16.3 Å². The summed E-state index contributed by atoms with van der Waals surface area (Å²) in [4.78, 5) is 16.5. The van der Waals surface area contributed by atoms with Crippen molar-refractivity contribution < 1.29 is 9.53 Å². The zero-order valence-corrected chi connectivity index (χ0v) is 12.0. The van der Waals surface area contributed by atoms with E-state index in [1.54, 1.807) is 16.8 Å². The Morgan fingerprint density at radius 2 is 2.40 bits per heavy atom. The number of ether oxygens (including phenoxy) is 1. The number of rotatable bonds is 3. The molecule has 1 fully saturated rings. The third-order valence-corrected chi connectivity index (χ3v) is 4.08. The molecule has 0 amide bonds. The van der Waals surface area contributed by atoms with Crippen molar-refractivity contribution in [2.24, 2.45) is 5.92 Å². The predicted molar refractivity (Wildman–Crippen MR) is 75.6 cm³/mol. The Morgan fingerprint density at radius 3 is 3.00 bits per heavy atom. The fourth-order valence-corrected chi connectivity index (χ4v) is 2.84. The molecule has 2 heterocycles. The van der Waals surface area contributed by atoms with Crippen molar-refractivity contribution in [2.75, 3.05) is 7.11 Å². The molecule has 1 aliphatic carbocycles. The summed E-state index contributed by atoms with van der Waals surface area (Å²) in [6.07, 6.45) is 2.37. The fraction of sp³-hybridized carbons (Fsp3) is 0.357. The van der Waals surface area contributed by atoms with Gasteiger partial charge in [0.25, 0.3) is 0 Å². The van der Waals surface area contributed by atoms with Gasteiger partial charge in [-0.2, -0.15) is 5.10 Å². The molecule has 0 bridgehead atoms. The summed E-state index contributed by atoms with van der Waals surface area (Å²) in [5, 5.41) is 5.73. The molecule has 1 saturated carbocycles. The van der Waals surface area contributed by atoms with Crippen molar-refractivity contribution in [3.05, 3.63) is 35.6 Å². The summed E-state index contributed by atoms with van der Waals surface area (Å²) < 4.78 is 6.58. The van der Waals surface area contributed by atoms with Crippen molar-refractivity contribution >= 4 is 28.6 Å². The molecule has 0 radical (unpaired) electrons. The number of hydrogen-bond donors (Lipinski definition) is 0. The van der Waals surface area contributed by atoms with E-state index in [1.165, 1.54) is 7.11 Å². The van der Waals surface area contributed by atoms with Gasteiger partial charge in [-0.25, -0.2) is 14.5 Å². The van der Waals surface area contributed by atoms with Gasteiger partial charge < -0.3 is 4.74 Å². The van der Waals surface area contributed by atoms with Crippen LogP contribution in [0.1, 0.15) is 12.1 Å². The Morgan fingerprint density at radius 1 is 1.65 bits per heavy atom. The van der Waals surface area contributed by atoms with Gasteiger partial charge in [0.1, 0.15) is 5.15 Å². The van der Waals surface area contributed by atoms with Gasteiger partial charge in [-0.1, -0.05) is 17.7 Å². The fourth-order valence-electron chi connectivity index (χ4n) is 2.69. The SMILES string of the molecule is C=CC1CC1(C(=O)OC)n1nc(C)c2ccc(Cl)nc21. The van der Waals surface area contributed by atoms with Gasteiger partial charge in [0.15, 0.2) is 11.2 Å². The lowest BCUT2D eigenvalue weighted by Gasteiger charge is -2.15. The van der Waals surface area contributed by atoms with Crippen LogP contribution < -0.4 is 0 Å². The van der Waals surface area contributed by atoms with E-state index in [-0.39, 0.29) is 11.9 Å². The van der Waals surface area contributed by atoms with Crippen molar-refractivity contribution in [1.29, 1.82) is 0 Å². The lowest BCUT2D eigenvalue weighted by molar-refractivity contribution is -0.146. The van der Waals surface area contributed by atoms with E-state index in [0.29, 0.717) is 17.2 Å². The third-order valence-electron chi connectivity index (χ3n) is 3.87. The minimum atomic E-state index is -0.833. The topological polar surface area (TPSA) is 57.0 Å². The number of carbonyl (C=O) groups is 1. The second-order valence-electron chi connectivity index (χ2n) is 4.96. The molecule has 3 rings (SSSR count). The highest BCUT2D eigenvalue weighted by Crippen LogP contribution is 2.52. The second kappa shape index (κ2) is 4.31. The summed E-state index contributed by atoms with van der Waals surface area (Å²) in [6.45, 7) is 5.65. The number of methoxy groups -OCH3 is 1. The molecule has 20 heavy (non-hydrogen) atoms. The molecule has 0 aromatic carbocycles. The second-order valence-corrected chi connectivity index (χ2v) is 5.35. The van der Waals surface area contributed by atoms with Crippen LogP contribution in [0.15, 0.2) is 24.8 Å². The van der Waals surface area contributed by atoms with Gasteiger partial charge in [0.05, 0.1) is 12.8 Å². The maximum Gasteiger partial charge on any atom is 0.334 e. The molecule has 0 N–H and O–H groups in total. The van der Waals surface area contributed by atoms with Gasteiger partial charge in [0, 0.05) is 11.3 Å². The van der Waals surface area contributed by atoms with E-state index in [0.717, 1.165) is 11.1 Å². The molecule has 2 atom stereocenters. The highest BCUT2D eigenvalue weighted by Gasteiger charge is 2.63. The van der Waals surface area contributed by atoms with Gasteiger partial charge in [-0.15, -0.1) is 6.58 Å². The average molecular weight is 292 g/mol. The summed E-state index contributed by atoms with van der Waals surface area (Å²) in [7, 11) is 1.38. The number of fused-ring (bicyclic) bond motifs is 1. The summed E-state index contributed by atoms with van der Waals surface area (Å²) >= 11 is 5.97. The summed E-state index contributed by atoms with van der Waals surface area (Å²) in [5.41, 5.74) is 0.577. The third kappa shape index (κ3) is 1.59. The van der Waals surface area contributed by atoms with E-state index >= 15 is 0 Å². The van der Waals surface area contributed by atoms with Crippen LogP contribution in [0, 0.1) is 12.8 Å². The summed E-state index contributed by atoms with van der Waals surface area (Å²) in [6, 6.07) is 3.57. The van der Waals surface area contributed by atoms with Gasteiger partial charge in [-0.05, 0) is 25.5 Å². The Labute approximate surface area is 121 Å². The monoisotopic (exact) mass is 291 g/mol. The number of allylic oxidation sites excluding steroid dienone is 1. The minimum Gasteiger partial charge on any atom is -0.467 e. The standard InChI is InChI=1S/C14H14ClN3O2/c1-4-9-7-14(9,13(19)20-3)18-12-10(8(2)17-18)5-6-11(15)16-12/h4-6,9H,1,7H2,2-3H3. The van der Waals surface area contributed by atoms with E-state index in [9.17, 15) is 4.79 Å². The van der Waals surface area contributed by atoms with Crippen LogP contribution in [0.4, 0.5) is 0 Å². The largest absolute Gasteiger partial charge is 0.467 e. The van der Waals surface area contributed by atoms with E-state index in [2.05, 4.69) is 16.7 Å². The first-order chi connectivity index (χ1) is 9.54. The molecule has 2 aromatic rings. The molecule has 0 saturated heterocycles.